The SMILES string of the molecule is CCCCCCCCCCCCCCCCCCCC(CCCCCC)OS(=O)(=O)O. The predicted octanol–water partition coefficient (Wildman–Crippen LogP) is 9.19. The molecule has 1 atom stereocenters. The van der Waals surface area contributed by atoms with Gasteiger partial charge in [-0.1, -0.05) is 149 Å². The van der Waals surface area contributed by atoms with Gasteiger partial charge in [0.1, 0.15) is 0 Å². The third-order valence-electron chi connectivity index (χ3n) is 6.27. The number of unbranched alkanes of at least 4 members (excludes halogenated alkanes) is 19. The molecule has 188 valence electrons. The first-order chi connectivity index (χ1) is 15.0. The van der Waals surface area contributed by atoms with Crippen molar-refractivity contribution in [1.29, 1.82) is 0 Å². The fourth-order valence-corrected chi connectivity index (χ4v) is 4.84. The van der Waals surface area contributed by atoms with Crippen molar-refractivity contribution < 1.29 is 17.2 Å². The Hall–Kier alpha value is -0.130. The molecule has 1 unspecified atom stereocenters. The maximum atomic E-state index is 11.0. The molecule has 0 aromatic rings. The van der Waals surface area contributed by atoms with Crippen molar-refractivity contribution in [3.63, 3.8) is 0 Å². The van der Waals surface area contributed by atoms with E-state index in [1.165, 1.54) is 96.3 Å². The van der Waals surface area contributed by atoms with Gasteiger partial charge in [-0.05, 0) is 12.8 Å². The smallest absolute Gasteiger partial charge is 0.264 e. The van der Waals surface area contributed by atoms with Crippen LogP contribution in [-0.4, -0.2) is 19.1 Å². The van der Waals surface area contributed by atoms with Crippen LogP contribution in [0.2, 0.25) is 0 Å². The van der Waals surface area contributed by atoms with Crippen molar-refractivity contribution in [1.82, 2.24) is 0 Å². The zero-order valence-corrected chi connectivity index (χ0v) is 21.7. The normalized spacial score (nSPS) is 13.0. The Morgan fingerprint density at radius 2 is 0.774 bits per heavy atom. The Bertz CT molecular complexity index is 450. The summed E-state index contributed by atoms with van der Waals surface area (Å²) >= 11 is 0. The minimum Gasteiger partial charge on any atom is -0.264 e. The Morgan fingerprint density at radius 3 is 1.06 bits per heavy atom. The lowest BCUT2D eigenvalue weighted by Crippen LogP contribution is -2.18. The molecule has 1 N–H and O–H groups in total. The van der Waals surface area contributed by atoms with Gasteiger partial charge in [0.2, 0.25) is 0 Å². The first kappa shape index (κ1) is 30.9. The third-order valence-corrected chi connectivity index (χ3v) is 6.78. The van der Waals surface area contributed by atoms with Gasteiger partial charge in [0.05, 0.1) is 6.10 Å². The van der Waals surface area contributed by atoms with Gasteiger partial charge >= 0.3 is 10.4 Å². The van der Waals surface area contributed by atoms with Crippen LogP contribution in [-0.2, 0) is 14.6 Å². The molecule has 0 amide bonds. The van der Waals surface area contributed by atoms with Gasteiger partial charge < -0.3 is 0 Å². The van der Waals surface area contributed by atoms with Crippen molar-refractivity contribution in [3.8, 4) is 0 Å². The summed E-state index contributed by atoms with van der Waals surface area (Å²) in [5, 5.41) is 0. The topological polar surface area (TPSA) is 63.6 Å². The molecule has 0 spiro atoms. The summed E-state index contributed by atoms with van der Waals surface area (Å²) in [6, 6.07) is 0. The summed E-state index contributed by atoms with van der Waals surface area (Å²) in [4.78, 5) is 0. The van der Waals surface area contributed by atoms with Gasteiger partial charge in [0, 0.05) is 0 Å². The van der Waals surface area contributed by atoms with E-state index in [0.717, 1.165) is 51.4 Å². The van der Waals surface area contributed by atoms with Crippen LogP contribution in [0, 0.1) is 0 Å². The van der Waals surface area contributed by atoms with E-state index in [-0.39, 0.29) is 6.10 Å². The molecular formula is C26H54O4S. The predicted molar refractivity (Wildman–Crippen MR) is 134 cm³/mol. The third kappa shape index (κ3) is 26.0. The second-order valence-electron chi connectivity index (χ2n) is 9.44. The summed E-state index contributed by atoms with van der Waals surface area (Å²) in [5.74, 6) is 0. The van der Waals surface area contributed by atoms with Crippen LogP contribution in [0.5, 0.6) is 0 Å². The highest BCUT2D eigenvalue weighted by molar-refractivity contribution is 7.80. The lowest BCUT2D eigenvalue weighted by atomic mass is 10.0. The molecule has 0 aromatic carbocycles. The van der Waals surface area contributed by atoms with E-state index in [9.17, 15) is 8.42 Å². The molecule has 0 aromatic heterocycles. The minimum atomic E-state index is -4.34. The van der Waals surface area contributed by atoms with Gasteiger partial charge in [-0.2, -0.15) is 8.42 Å². The standard InChI is InChI=1S/C26H54O4S/c1-3-5-7-9-10-11-12-13-14-15-16-17-18-19-20-21-23-25-26(30-31(27,28)29)24-22-8-6-4-2/h26H,3-25H2,1-2H3,(H,27,28,29). The molecule has 5 heteroatoms. The summed E-state index contributed by atoms with van der Waals surface area (Å²) in [6.07, 6.45) is 28.2. The second-order valence-corrected chi connectivity index (χ2v) is 10.5. The van der Waals surface area contributed by atoms with Gasteiger partial charge in [0.15, 0.2) is 0 Å². The molecule has 0 aliphatic rings. The minimum absolute atomic E-state index is 0.358. The molecule has 0 aliphatic heterocycles. The van der Waals surface area contributed by atoms with Gasteiger partial charge in [-0.3, -0.25) is 4.55 Å². The molecule has 4 nitrogen and oxygen atoms in total. The Balaban J connectivity index is 3.47. The molecule has 0 aliphatic carbocycles. The van der Waals surface area contributed by atoms with Gasteiger partial charge in [-0.15, -0.1) is 0 Å². The average molecular weight is 463 g/mol. The largest absolute Gasteiger partial charge is 0.397 e. The Morgan fingerprint density at radius 1 is 0.516 bits per heavy atom. The van der Waals surface area contributed by atoms with Crippen LogP contribution >= 0.6 is 0 Å². The van der Waals surface area contributed by atoms with Crippen LogP contribution < -0.4 is 0 Å². The van der Waals surface area contributed by atoms with Crippen LogP contribution in [0.3, 0.4) is 0 Å². The van der Waals surface area contributed by atoms with E-state index < -0.39 is 10.4 Å². The molecule has 0 heterocycles. The van der Waals surface area contributed by atoms with Crippen LogP contribution in [0.1, 0.15) is 162 Å². The summed E-state index contributed by atoms with van der Waals surface area (Å²) < 4.78 is 36.0. The number of rotatable bonds is 25. The fraction of sp³-hybridized carbons (Fsp3) is 1.00. The van der Waals surface area contributed by atoms with E-state index in [0.29, 0.717) is 0 Å². The van der Waals surface area contributed by atoms with Crippen molar-refractivity contribution in [2.24, 2.45) is 0 Å². The average Bonchev–Trinajstić information content (AvgIpc) is 2.72. The number of hydrogen-bond acceptors (Lipinski definition) is 3. The van der Waals surface area contributed by atoms with E-state index in [4.69, 9.17) is 8.74 Å². The summed E-state index contributed by atoms with van der Waals surface area (Å²) in [7, 11) is -4.34. The highest BCUT2D eigenvalue weighted by Crippen LogP contribution is 2.18. The molecule has 31 heavy (non-hydrogen) atoms. The maximum Gasteiger partial charge on any atom is 0.397 e. The lowest BCUT2D eigenvalue weighted by molar-refractivity contribution is 0.157. The zero-order chi connectivity index (χ0) is 23.0. The quantitative estimate of drug-likeness (QED) is 0.108. The highest BCUT2D eigenvalue weighted by atomic mass is 32.3. The maximum absolute atomic E-state index is 11.0. The molecule has 0 saturated carbocycles. The fourth-order valence-electron chi connectivity index (χ4n) is 4.31. The first-order valence-electron chi connectivity index (χ1n) is 13.6. The van der Waals surface area contributed by atoms with Crippen molar-refractivity contribution in [3.05, 3.63) is 0 Å². The molecule has 0 radical (unpaired) electrons. The monoisotopic (exact) mass is 462 g/mol. The van der Waals surface area contributed by atoms with Gasteiger partial charge in [-0.25, -0.2) is 4.18 Å². The van der Waals surface area contributed by atoms with Crippen LogP contribution in [0.4, 0.5) is 0 Å². The van der Waals surface area contributed by atoms with Crippen molar-refractivity contribution in [2.45, 2.75) is 168 Å². The molecular weight excluding hydrogens is 408 g/mol. The van der Waals surface area contributed by atoms with Crippen molar-refractivity contribution in [2.75, 3.05) is 0 Å². The Kier molecular flexibility index (Phi) is 22.9. The van der Waals surface area contributed by atoms with E-state index in [2.05, 4.69) is 13.8 Å². The first-order valence-corrected chi connectivity index (χ1v) is 15.0. The van der Waals surface area contributed by atoms with Gasteiger partial charge in [0.25, 0.3) is 0 Å². The van der Waals surface area contributed by atoms with Crippen LogP contribution in [0.25, 0.3) is 0 Å². The second kappa shape index (κ2) is 23.0. The number of hydrogen-bond donors (Lipinski definition) is 1. The lowest BCUT2D eigenvalue weighted by Gasteiger charge is -2.15. The summed E-state index contributed by atoms with van der Waals surface area (Å²) in [5.41, 5.74) is 0. The Labute approximate surface area is 195 Å². The molecule has 0 fully saturated rings. The molecule has 0 rings (SSSR count). The van der Waals surface area contributed by atoms with E-state index >= 15 is 0 Å². The van der Waals surface area contributed by atoms with Crippen LogP contribution in [0.15, 0.2) is 0 Å². The highest BCUT2D eigenvalue weighted by Gasteiger charge is 2.16. The van der Waals surface area contributed by atoms with Crippen molar-refractivity contribution >= 4 is 10.4 Å². The molecule has 0 bridgehead atoms. The van der Waals surface area contributed by atoms with E-state index in [1.807, 2.05) is 0 Å². The summed E-state index contributed by atoms with van der Waals surface area (Å²) in [6.45, 7) is 4.43. The zero-order valence-electron chi connectivity index (χ0n) is 20.9. The van der Waals surface area contributed by atoms with E-state index in [1.54, 1.807) is 0 Å². The molecule has 0 saturated heterocycles.